The Morgan fingerprint density at radius 2 is 0.795 bits per heavy atom. The van der Waals surface area contributed by atoms with Gasteiger partial charge in [-0.15, -0.1) is 0 Å². The van der Waals surface area contributed by atoms with Crippen LogP contribution >= 0.6 is 0 Å². The molecule has 0 atom stereocenters. The van der Waals surface area contributed by atoms with E-state index in [1.807, 2.05) is 49.3 Å². The second-order valence-electron chi connectivity index (χ2n) is 10.9. The molecule has 0 N–H and O–H groups in total. The molecule has 0 radical (unpaired) electrons. The van der Waals surface area contributed by atoms with Gasteiger partial charge in [0.1, 0.15) is 0 Å². The van der Waals surface area contributed by atoms with Gasteiger partial charge in [0.25, 0.3) is 0 Å². The summed E-state index contributed by atoms with van der Waals surface area (Å²) in [4.78, 5) is 18.6. The van der Waals surface area contributed by atoms with Crippen LogP contribution in [0, 0.1) is 0 Å². The highest BCUT2D eigenvalue weighted by atomic mass is 15.0. The highest BCUT2D eigenvalue weighted by Crippen LogP contribution is 2.35. The zero-order valence-electron chi connectivity index (χ0n) is 23.5. The zero-order valence-corrected chi connectivity index (χ0v) is 23.5. The van der Waals surface area contributed by atoms with Crippen LogP contribution in [0.2, 0.25) is 0 Å². The van der Waals surface area contributed by atoms with Crippen molar-refractivity contribution < 1.29 is 0 Å². The van der Waals surface area contributed by atoms with Crippen LogP contribution in [0.25, 0.3) is 77.5 Å². The van der Waals surface area contributed by atoms with Crippen molar-refractivity contribution in [3.05, 3.63) is 146 Å². The number of hydrogen-bond acceptors (Lipinski definition) is 4. The molecule has 0 amide bonds. The van der Waals surface area contributed by atoms with Gasteiger partial charge in [-0.25, -0.2) is 0 Å². The highest BCUT2D eigenvalue weighted by molar-refractivity contribution is 6.10. The Hall–Kier alpha value is -6.14. The first-order chi connectivity index (χ1) is 21.8. The summed E-state index contributed by atoms with van der Waals surface area (Å²) in [6.45, 7) is 0. The molecule has 9 aromatic rings. The molecule has 0 aliphatic rings. The lowest BCUT2D eigenvalue weighted by Crippen LogP contribution is -1.94. The van der Waals surface area contributed by atoms with E-state index >= 15 is 0 Å². The Balaban J connectivity index is 1.13. The normalized spacial score (nSPS) is 11.6. The van der Waals surface area contributed by atoms with E-state index in [0.717, 1.165) is 77.5 Å². The second kappa shape index (κ2) is 9.71. The van der Waals surface area contributed by atoms with Crippen molar-refractivity contribution in [2.45, 2.75) is 0 Å². The lowest BCUT2D eigenvalue weighted by atomic mass is 10.0. The van der Waals surface area contributed by atoms with E-state index in [1.165, 1.54) is 0 Å². The molecule has 0 aliphatic carbocycles. The fourth-order valence-corrected chi connectivity index (χ4v) is 6.37. The van der Waals surface area contributed by atoms with Crippen LogP contribution < -0.4 is 0 Å². The lowest BCUT2D eigenvalue weighted by molar-refractivity contribution is 1.15. The van der Waals surface area contributed by atoms with E-state index in [2.05, 4.69) is 116 Å². The molecule has 0 fully saturated rings. The van der Waals surface area contributed by atoms with Crippen LogP contribution in [0.1, 0.15) is 0 Å². The maximum absolute atomic E-state index is 4.90. The Labute approximate surface area is 252 Å². The van der Waals surface area contributed by atoms with Crippen molar-refractivity contribution in [3.63, 3.8) is 0 Å². The number of fused-ring (bicyclic) bond motifs is 6. The molecule has 0 saturated carbocycles. The molecule has 0 aliphatic heterocycles. The number of aromatic nitrogens is 6. The number of para-hydroxylation sites is 2. The van der Waals surface area contributed by atoms with Crippen LogP contribution in [0.4, 0.5) is 0 Å². The van der Waals surface area contributed by atoms with E-state index < -0.39 is 0 Å². The molecule has 6 aromatic heterocycles. The fraction of sp³-hybridized carbons (Fsp3) is 0. The standard InChI is InChI=1S/C38H24N6/c1-3-7-27(8-4-1)43-35-21-39-17-15-29(35)31-19-33(41-23-37(31)43)25-11-13-26(14-12-25)34-20-32-30-16-18-40-22-36(30)44(38(32)24-42-34)28-9-5-2-6-10-28/h1-24H. The average molecular weight is 565 g/mol. The molecule has 9 rings (SSSR count). The minimum atomic E-state index is 0.926. The Bertz CT molecular complexity index is 2300. The van der Waals surface area contributed by atoms with Crippen LogP contribution in [0.3, 0.4) is 0 Å². The third-order valence-electron chi connectivity index (χ3n) is 8.42. The van der Waals surface area contributed by atoms with Crippen molar-refractivity contribution in [3.8, 4) is 33.9 Å². The first kappa shape index (κ1) is 24.5. The molecule has 6 nitrogen and oxygen atoms in total. The molecule has 206 valence electrons. The molecule has 0 bridgehead atoms. The van der Waals surface area contributed by atoms with Gasteiger partial charge in [-0.2, -0.15) is 0 Å². The first-order valence-electron chi connectivity index (χ1n) is 14.5. The highest BCUT2D eigenvalue weighted by Gasteiger charge is 2.16. The quantitative estimate of drug-likeness (QED) is 0.214. The SMILES string of the molecule is c1ccc(-n2c3cnccc3c3cc(-c4ccc(-c5cc6c7ccncc7n(-c7ccccc7)c6cn5)cc4)ncc32)cc1. The maximum Gasteiger partial charge on any atom is 0.0725 e. The molecule has 0 unspecified atom stereocenters. The summed E-state index contributed by atoms with van der Waals surface area (Å²) in [5.74, 6) is 0. The van der Waals surface area contributed by atoms with Gasteiger partial charge >= 0.3 is 0 Å². The van der Waals surface area contributed by atoms with Crippen molar-refractivity contribution in [2.75, 3.05) is 0 Å². The number of pyridine rings is 4. The van der Waals surface area contributed by atoms with Gasteiger partial charge in [0, 0.05) is 56.4 Å². The summed E-state index contributed by atoms with van der Waals surface area (Å²) in [6, 6.07) is 37.8. The number of benzene rings is 3. The van der Waals surface area contributed by atoms with E-state index in [1.54, 1.807) is 0 Å². The number of nitrogens with zero attached hydrogens (tertiary/aromatic N) is 6. The summed E-state index contributed by atoms with van der Waals surface area (Å²) in [5, 5.41) is 4.61. The smallest absolute Gasteiger partial charge is 0.0725 e. The molecule has 0 spiro atoms. The van der Waals surface area contributed by atoms with Gasteiger partial charge in [-0.3, -0.25) is 19.9 Å². The van der Waals surface area contributed by atoms with Crippen molar-refractivity contribution in [1.29, 1.82) is 0 Å². The number of rotatable bonds is 4. The van der Waals surface area contributed by atoms with E-state index in [0.29, 0.717) is 0 Å². The van der Waals surface area contributed by atoms with Gasteiger partial charge < -0.3 is 9.13 Å². The topological polar surface area (TPSA) is 61.4 Å². The molecular formula is C38H24N6. The average Bonchev–Trinajstić information content (AvgIpc) is 3.61. The first-order valence-corrected chi connectivity index (χ1v) is 14.5. The zero-order chi connectivity index (χ0) is 29.0. The third-order valence-corrected chi connectivity index (χ3v) is 8.42. The molecule has 0 saturated heterocycles. The van der Waals surface area contributed by atoms with Gasteiger partial charge in [0.05, 0.1) is 58.2 Å². The maximum atomic E-state index is 4.90. The van der Waals surface area contributed by atoms with E-state index in [9.17, 15) is 0 Å². The van der Waals surface area contributed by atoms with Crippen LogP contribution in [0.15, 0.2) is 146 Å². The Morgan fingerprint density at radius 1 is 0.386 bits per heavy atom. The minimum absolute atomic E-state index is 0.926. The second-order valence-corrected chi connectivity index (χ2v) is 10.9. The summed E-state index contributed by atoms with van der Waals surface area (Å²) >= 11 is 0. The lowest BCUT2D eigenvalue weighted by Gasteiger charge is -2.08. The minimum Gasteiger partial charge on any atom is -0.306 e. The number of hydrogen-bond donors (Lipinski definition) is 0. The summed E-state index contributed by atoms with van der Waals surface area (Å²) in [5.41, 5.74) is 10.4. The van der Waals surface area contributed by atoms with Gasteiger partial charge in [0.15, 0.2) is 0 Å². The Morgan fingerprint density at radius 3 is 1.23 bits per heavy atom. The van der Waals surface area contributed by atoms with Gasteiger partial charge in [-0.05, 0) is 48.5 Å². The van der Waals surface area contributed by atoms with Crippen molar-refractivity contribution in [1.82, 2.24) is 29.1 Å². The van der Waals surface area contributed by atoms with Gasteiger partial charge in [0.2, 0.25) is 0 Å². The molecule has 3 aromatic carbocycles. The van der Waals surface area contributed by atoms with E-state index in [-0.39, 0.29) is 0 Å². The molecule has 44 heavy (non-hydrogen) atoms. The summed E-state index contributed by atoms with van der Waals surface area (Å²) in [7, 11) is 0. The predicted octanol–water partition coefficient (Wildman–Crippen LogP) is 8.79. The van der Waals surface area contributed by atoms with Crippen LogP contribution in [-0.4, -0.2) is 29.1 Å². The van der Waals surface area contributed by atoms with Crippen LogP contribution in [-0.2, 0) is 0 Å². The predicted molar refractivity (Wildman–Crippen MR) is 177 cm³/mol. The largest absolute Gasteiger partial charge is 0.306 e. The van der Waals surface area contributed by atoms with Gasteiger partial charge in [-0.1, -0.05) is 60.7 Å². The van der Waals surface area contributed by atoms with Crippen LogP contribution in [0.5, 0.6) is 0 Å². The van der Waals surface area contributed by atoms with E-state index in [4.69, 9.17) is 9.97 Å². The van der Waals surface area contributed by atoms with Crippen molar-refractivity contribution >= 4 is 43.6 Å². The molecular weight excluding hydrogens is 540 g/mol. The Kier molecular flexibility index (Phi) is 5.40. The fourth-order valence-electron chi connectivity index (χ4n) is 6.37. The molecule has 6 heteroatoms. The third kappa shape index (κ3) is 3.75. The summed E-state index contributed by atoms with van der Waals surface area (Å²) in [6.07, 6.45) is 11.5. The monoisotopic (exact) mass is 564 g/mol. The molecule has 6 heterocycles. The summed E-state index contributed by atoms with van der Waals surface area (Å²) < 4.78 is 4.45. The van der Waals surface area contributed by atoms with Crippen molar-refractivity contribution in [2.24, 2.45) is 0 Å².